The highest BCUT2D eigenvalue weighted by Gasteiger charge is 2.13. The highest BCUT2D eigenvalue weighted by Crippen LogP contribution is 2.24. The van der Waals surface area contributed by atoms with Gasteiger partial charge in [0.1, 0.15) is 5.82 Å². The highest BCUT2D eigenvalue weighted by atomic mass is 19.1. The Morgan fingerprint density at radius 1 is 1.17 bits per heavy atom. The molecule has 0 saturated carbocycles. The SMILES string of the molecule is CC(C)Cc1ccc(-c2nc(-c3ccc(CO)nc3)no2)cc1F. The van der Waals surface area contributed by atoms with E-state index in [9.17, 15) is 4.39 Å². The summed E-state index contributed by atoms with van der Waals surface area (Å²) in [5.41, 5.74) is 2.44. The molecule has 24 heavy (non-hydrogen) atoms. The Morgan fingerprint density at radius 2 is 1.96 bits per heavy atom. The van der Waals surface area contributed by atoms with Crippen LogP contribution in [-0.2, 0) is 13.0 Å². The molecule has 1 N–H and O–H groups in total. The third-order valence-corrected chi connectivity index (χ3v) is 3.60. The van der Waals surface area contributed by atoms with Gasteiger partial charge in [-0.2, -0.15) is 4.98 Å². The average Bonchev–Trinajstić information content (AvgIpc) is 3.06. The van der Waals surface area contributed by atoms with Crippen molar-refractivity contribution >= 4 is 0 Å². The van der Waals surface area contributed by atoms with Crippen molar-refractivity contribution < 1.29 is 14.0 Å². The number of aliphatic hydroxyl groups excluding tert-OH is 1. The predicted molar refractivity (Wildman–Crippen MR) is 87.4 cm³/mol. The molecule has 124 valence electrons. The van der Waals surface area contributed by atoms with Crippen molar-refractivity contribution in [2.45, 2.75) is 26.9 Å². The number of hydrogen-bond donors (Lipinski definition) is 1. The van der Waals surface area contributed by atoms with Crippen LogP contribution in [0.5, 0.6) is 0 Å². The maximum atomic E-state index is 14.2. The molecule has 0 amide bonds. The lowest BCUT2D eigenvalue weighted by Crippen LogP contribution is -1.97. The van der Waals surface area contributed by atoms with Crippen LogP contribution in [0, 0.1) is 11.7 Å². The number of aliphatic hydroxyl groups is 1. The summed E-state index contributed by atoms with van der Waals surface area (Å²) in [5.74, 6) is 0.740. The molecule has 2 aromatic heterocycles. The zero-order chi connectivity index (χ0) is 17.1. The molecule has 1 aromatic carbocycles. The van der Waals surface area contributed by atoms with Gasteiger partial charge in [0.25, 0.3) is 5.89 Å². The van der Waals surface area contributed by atoms with E-state index in [0.717, 1.165) is 0 Å². The molecule has 3 rings (SSSR count). The molecular weight excluding hydrogens is 309 g/mol. The first kappa shape index (κ1) is 16.3. The Hall–Kier alpha value is -2.60. The zero-order valence-corrected chi connectivity index (χ0v) is 13.5. The number of benzene rings is 1. The fraction of sp³-hybridized carbons (Fsp3) is 0.278. The third-order valence-electron chi connectivity index (χ3n) is 3.60. The second-order valence-electron chi connectivity index (χ2n) is 6.02. The summed E-state index contributed by atoms with van der Waals surface area (Å²) in [6, 6.07) is 8.39. The predicted octanol–water partition coefficient (Wildman–Crippen LogP) is 3.63. The number of rotatable bonds is 5. The van der Waals surface area contributed by atoms with Crippen LogP contribution in [-0.4, -0.2) is 20.2 Å². The fourth-order valence-corrected chi connectivity index (χ4v) is 2.39. The molecule has 0 aliphatic rings. The first-order valence-corrected chi connectivity index (χ1v) is 7.75. The van der Waals surface area contributed by atoms with Gasteiger partial charge >= 0.3 is 0 Å². The summed E-state index contributed by atoms with van der Waals surface area (Å²) in [6.45, 7) is 3.97. The van der Waals surface area contributed by atoms with Crippen LogP contribution >= 0.6 is 0 Å². The maximum absolute atomic E-state index is 14.2. The van der Waals surface area contributed by atoms with Gasteiger partial charge in [-0.05, 0) is 42.2 Å². The van der Waals surface area contributed by atoms with Crippen LogP contribution in [0.1, 0.15) is 25.1 Å². The highest BCUT2D eigenvalue weighted by molar-refractivity contribution is 5.59. The van der Waals surface area contributed by atoms with Crippen molar-refractivity contribution in [1.29, 1.82) is 0 Å². The van der Waals surface area contributed by atoms with Gasteiger partial charge in [0.2, 0.25) is 5.82 Å². The van der Waals surface area contributed by atoms with Gasteiger partial charge in [0, 0.05) is 17.3 Å². The molecule has 2 heterocycles. The average molecular weight is 327 g/mol. The van der Waals surface area contributed by atoms with Crippen LogP contribution in [0.3, 0.4) is 0 Å². The molecule has 0 aliphatic carbocycles. The van der Waals surface area contributed by atoms with E-state index in [0.29, 0.717) is 40.5 Å². The number of aromatic nitrogens is 3. The van der Waals surface area contributed by atoms with Crippen LogP contribution in [0.25, 0.3) is 22.8 Å². The van der Waals surface area contributed by atoms with E-state index in [1.165, 1.54) is 6.07 Å². The maximum Gasteiger partial charge on any atom is 0.258 e. The molecule has 0 atom stereocenters. The minimum Gasteiger partial charge on any atom is -0.390 e. The number of halogens is 1. The second-order valence-corrected chi connectivity index (χ2v) is 6.02. The molecule has 0 radical (unpaired) electrons. The van der Waals surface area contributed by atoms with Gasteiger partial charge in [-0.15, -0.1) is 0 Å². The molecule has 0 aliphatic heterocycles. The fourth-order valence-electron chi connectivity index (χ4n) is 2.39. The zero-order valence-electron chi connectivity index (χ0n) is 13.5. The summed E-state index contributed by atoms with van der Waals surface area (Å²) < 4.78 is 19.4. The Kier molecular flexibility index (Phi) is 4.66. The van der Waals surface area contributed by atoms with Crippen LogP contribution in [0.15, 0.2) is 41.1 Å². The van der Waals surface area contributed by atoms with Crippen molar-refractivity contribution in [3.63, 3.8) is 0 Å². The second kappa shape index (κ2) is 6.88. The molecule has 0 unspecified atom stereocenters. The minimum atomic E-state index is -0.269. The first-order chi connectivity index (χ1) is 11.6. The lowest BCUT2D eigenvalue weighted by atomic mass is 10.0. The number of nitrogens with zero attached hydrogens (tertiary/aromatic N) is 3. The normalized spacial score (nSPS) is 11.2. The van der Waals surface area contributed by atoms with Gasteiger partial charge in [0.15, 0.2) is 0 Å². The summed E-state index contributed by atoms with van der Waals surface area (Å²) in [6.07, 6.45) is 2.25. The van der Waals surface area contributed by atoms with Gasteiger partial charge in [-0.1, -0.05) is 25.1 Å². The smallest absolute Gasteiger partial charge is 0.258 e. The Bertz CT molecular complexity index is 829. The van der Waals surface area contributed by atoms with Crippen LogP contribution in [0.2, 0.25) is 0 Å². The van der Waals surface area contributed by atoms with E-state index >= 15 is 0 Å². The van der Waals surface area contributed by atoms with Crippen molar-refractivity contribution in [3.05, 3.63) is 53.6 Å². The van der Waals surface area contributed by atoms with Crippen molar-refractivity contribution in [2.75, 3.05) is 0 Å². The van der Waals surface area contributed by atoms with Gasteiger partial charge < -0.3 is 9.63 Å². The van der Waals surface area contributed by atoms with Crippen molar-refractivity contribution in [1.82, 2.24) is 15.1 Å². The van der Waals surface area contributed by atoms with Gasteiger partial charge in [0.05, 0.1) is 12.3 Å². The van der Waals surface area contributed by atoms with Crippen LogP contribution in [0.4, 0.5) is 4.39 Å². The topological polar surface area (TPSA) is 72.0 Å². The van der Waals surface area contributed by atoms with Crippen molar-refractivity contribution in [2.24, 2.45) is 5.92 Å². The summed E-state index contributed by atoms with van der Waals surface area (Å²) in [5, 5.41) is 12.9. The van der Waals surface area contributed by atoms with E-state index in [4.69, 9.17) is 9.63 Å². The van der Waals surface area contributed by atoms with Gasteiger partial charge in [-0.3, -0.25) is 4.98 Å². The molecule has 6 heteroatoms. The van der Waals surface area contributed by atoms with E-state index in [1.807, 2.05) is 13.8 Å². The monoisotopic (exact) mass is 327 g/mol. The lowest BCUT2D eigenvalue weighted by Gasteiger charge is -2.06. The standard InChI is InChI=1S/C18H18FN3O2/c1-11(2)7-12-3-4-13(8-16(12)19)18-21-17(22-24-18)14-5-6-15(10-23)20-9-14/h3-6,8-9,11,23H,7,10H2,1-2H3. The molecular formula is C18H18FN3O2. The van der Waals surface area contributed by atoms with E-state index in [2.05, 4.69) is 15.1 Å². The first-order valence-electron chi connectivity index (χ1n) is 7.75. The Balaban J connectivity index is 1.85. The van der Waals surface area contributed by atoms with E-state index in [-0.39, 0.29) is 18.3 Å². The molecule has 3 aromatic rings. The van der Waals surface area contributed by atoms with E-state index < -0.39 is 0 Å². The number of pyridine rings is 1. The molecule has 5 nitrogen and oxygen atoms in total. The van der Waals surface area contributed by atoms with Gasteiger partial charge in [-0.25, -0.2) is 4.39 Å². The van der Waals surface area contributed by atoms with Crippen molar-refractivity contribution in [3.8, 4) is 22.8 Å². The number of hydrogen-bond acceptors (Lipinski definition) is 5. The third kappa shape index (κ3) is 3.49. The molecule has 0 bridgehead atoms. The largest absolute Gasteiger partial charge is 0.390 e. The summed E-state index contributed by atoms with van der Waals surface area (Å²) in [4.78, 5) is 8.37. The van der Waals surface area contributed by atoms with E-state index in [1.54, 1.807) is 30.5 Å². The lowest BCUT2D eigenvalue weighted by molar-refractivity contribution is 0.277. The quantitative estimate of drug-likeness (QED) is 0.775. The summed E-state index contributed by atoms with van der Waals surface area (Å²) >= 11 is 0. The minimum absolute atomic E-state index is 0.125. The molecule has 0 saturated heterocycles. The summed E-state index contributed by atoms with van der Waals surface area (Å²) in [7, 11) is 0. The van der Waals surface area contributed by atoms with Crippen LogP contribution < -0.4 is 0 Å². The Morgan fingerprint density at radius 3 is 2.58 bits per heavy atom. The molecule has 0 fully saturated rings. The Labute approximate surface area is 139 Å². The molecule has 0 spiro atoms.